The van der Waals surface area contributed by atoms with E-state index in [1.165, 1.54) is 6.21 Å². The van der Waals surface area contributed by atoms with E-state index < -0.39 is 17.1 Å². The normalized spacial score (nSPS) is 16.8. The molecule has 0 spiro atoms. The van der Waals surface area contributed by atoms with Gasteiger partial charge in [0.05, 0.1) is 17.9 Å². The molecule has 8 heteroatoms. The summed E-state index contributed by atoms with van der Waals surface area (Å²) in [4.78, 5) is 31.3. The monoisotopic (exact) mass is 405 g/mol. The number of nitrogens with zero attached hydrogens (tertiary/aromatic N) is 4. The fourth-order valence-corrected chi connectivity index (χ4v) is 3.79. The highest BCUT2D eigenvalue weighted by Crippen LogP contribution is 2.30. The average molecular weight is 405 g/mol. The van der Waals surface area contributed by atoms with E-state index in [1.54, 1.807) is 18.3 Å². The van der Waals surface area contributed by atoms with Crippen LogP contribution in [-0.4, -0.2) is 37.4 Å². The van der Waals surface area contributed by atoms with Crippen LogP contribution in [0.1, 0.15) is 42.0 Å². The van der Waals surface area contributed by atoms with Crippen molar-refractivity contribution in [2.24, 2.45) is 5.10 Å². The number of aromatic amines is 1. The van der Waals surface area contributed by atoms with Gasteiger partial charge in [0.2, 0.25) is 5.88 Å². The zero-order valence-electron chi connectivity index (χ0n) is 16.7. The van der Waals surface area contributed by atoms with Crippen molar-refractivity contribution in [2.45, 2.75) is 32.2 Å². The van der Waals surface area contributed by atoms with E-state index in [0.29, 0.717) is 5.69 Å². The molecule has 0 bridgehead atoms. The van der Waals surface area contributed by atoms with Gasteiger partial charge in [-0.25, -0.2) is 9.36 Å². The van der Waals surface area contributed by atoms with Crippen LogP contribution in [0.3, 0.4) is 0 Å². The molecule has 0 radical (unpaired) electrons. The second-order valence-electron chi connectivity index (χ2n) is 7.32. The molecule has 1 aliphatic heterocycles. The molecular formula is C22H23N5O3. The van der Waals surface area contributed by atoms with Gasteiger partial charge < -0.3 is 5.11 Å². The standard InChI is InChI=1S/C22H23N5O3/c1-15-7-2-3-9-18(15)27-21(29)17(20(28)25-22(27)30)14-24-26-12-5-4-10-19(26)16-8-6-11-23-13-16/h2-3,6-9,11,13-14,19,29H,4-5,10,12H2,1H3,(H,25,28,30)/b24-14+/t19-/m1/s1. The number of rotatable bonds is 4. The molecule has 0 aliphatic carbocycles. The highest BCUT2D eigenvalue weighted by Gasteiger charge is 2.23. The van der Waals surface area contributed by atoms with Gasteiger partial charge in [-0.15, -0.1) is 0 Å². The van der Waals surface area contributed by atoms with Gasteiger partial charge >= 0.3 is 5.69 Å². The third-order valence-corrected chi connectivity index (χ3v) is 5.36. The van der Waals surface area contributed by atoms with Gasteiger partial charge in [0.1, 0.15) is 5.56 Å². The maximum atomic E-state index is 12.4. The summed E-state index contributed by atoms with van der Waals surface area (Å²) in [6, 6.07) is 11.1. The number of hydrogen-bond acceptors (Lipinski definition) is 6. The van der Waals surface area contributed by atoms with E-state index in [4.69, 9.17) is 0 Å². The number of aryl methyl sites for hydroxylation is 1. The van der Waals surface area contributed by atoms with Crippen molar-refractivity contribution in [3.8, 4) is 11.6 Å². The van der Waals surface area contributed by atoms with Crippen LogP contribution in [0.4, 0.5) is 0 Å². The molecule has 1 aromatic carbocycles. The maximum absolute atomic E-state index is 12.4. The van der Waals surface area contributed by atoms with Crippen LogP contribution < -0.4 is 11.2 Å². The number of benzene rings is 1. The predicted octanol–water partition coefficient (Wildman–Crippen LogP) is 2.50. The lowest BCUT2D eigenvalue weighted by atomic mass is 9.98. The molecule has 4 rings (SSSR count). The molecule has 30 heavy (non-hydrogen) atoms. The van der Waals surface area contributed by atoms with Crippen molar-refractivity contribution < 1.29 is 5.11 Å². The van der Waals surface area contributed by atoms with Crippen LogP contribution in [0.15, 0.2) is 63.5 Å². The molecular weight excluding hydrogens is 382 g/mol. The Morgan fingerprint density at radius 3 is 2.80 bits per heavy atom. The van der Waals surface area contributed by atoms with E-state index in [0.717, 1.165) is 41.5 Å². The number of H-pyrrole nitrogens is 1. The molecule has 1 fully saturated rings. The summed E-state index contributed by atoms with van der Waals surface area (Å²) in [6.45, 7) is 2.55. The molecule has 0 amide bonds. The Hall–Kier alpha value is -3.68. The number of aromatic hydroxyl groups is 1. The van der Waals surface area contributed by atoms with Crippen molar-refractivity contribution >= 4 is 6.21 Å². The summed E-state index contributed by atoms with van der Waals surface area (Å²) in [5.74, 6) is -0.434. The lowest BCUT2D eigenvalue weighted by Crippen LogP contribution is -2.33. The van der Waals surface area contributed by atoms with Crippen LogP contribution in [0.2, 0.25) is 0 Å². The number of piperidine rings is 1. The first kappa shape index (κ1) is 19.6. The topological polar surface area (TPSA) is 104 Å². The Balaban J connectivity index is 1.73. The van der Waals surface area contributed by atoms with Crippen LogP contribution in [0, 0.1) is 6.92 Å². The van der Waals surface area contributed by atoms with Crippen molar-refractivity contribution in [1.29, 1.82) is 0 Å². The lowest BCUT2D eigenvalue weighted by molar-refractivity contribution is 0.156. The maximum Gasteiger partial charge on any atom is 0.335 e. The van der Waals surface area contributed by atoms with E-state index in [-0.39, 0.29) is 11.6 Å². The van der Waals surface area contributed by atoms with Crippen LogP contribution in [0.5, 0.6) is 5.88 Å². The Morgan fingerprint density at radius 2 is 2.03 bits per heavy atom. The van der Waals surface area contributed by atoms with E-state index in [2.05, 4.69) is 15.1 Å². The van der Waals surface area contributed by atoms with Crippen LogP contribution >= 0.6 is 0 Å². The summed E-state index contributed by atoms with van der Waals surface area (Å²) in [5, 5.41) is 17.2. The largest absolute Gasteiger partial charge is 0.493 e. The average Bonchev–Trinajstić information content (AvgIpc) is 2.75. The van der Waals surface area contributed by atoms with Crippen LogP contribution in [-0.2, 0) is 0 Å². The zero-order valence-corrected chi connectivity index (χ0v) is 16.7. The number of hydrogen-bond donors (Lipinski definition) is 2. The number of pyridine rings is 1. The third-order valence-electron chi connectivity index (χ3n) is 5.36. The molecule has 0 saturated carbocycles. The Morgan fingerprint density at radius 1 is 1.20 bits per heavy atom. The van der Waals surface area contributed by atoms with E-state index >= 15 is 0 Å². The second-order valence-corrected chi connectivity index (χ2v) is 7.32. The summed E-state index contributed by atoms with van der Waals surface area (Å²) in [5.41, 5.74) is 0.900. The van der Waals surface area contributed by atoms with Gasteiger partial charge in [0.15, 0.2) is 0 Å². The SMILES string of the molecule is Cc1ccccc1-n1c(O)c(/C=N/N2CCCC[C@@H]2c2cccnc2)c(=O)[nH]c1=O. The second kappa shape index (κ2) is 8.36. The van der Waals surface area contributed by atoms with Crippen LogP contribution in [0.25, 0.3) is 5.69 Å². The molecule has 154 valence electrons. The fourth-order valence-electron chi connectivity index (χ4n) is 3.79. The first-order valence-electron chi connectivity index (χ1n) is 9.91. The van der Waals surface area contributed by atoms with Gasteiger partial charge in [-0.1, -0.05) is 24.3 Å². The van der Waals surface area contributed by atoms with Gasteiger partial charge in [0, 0.05) is 18.9 Å². The number of nitrogens with one attached hydrogen (secondary N) is 1. The highest BCUT2D eigenvalue weighted by atomic mass is 16.3. The van der Waals surface area contributed by atoms with Crippen molar-refractivity contribution in [3.05, 3.63) is 86.3 Å². The summed E-state index contributed by atoms with van der Waals surface area (Å²) in [6.07, 6.45) is 7.87. The van der Waals surface area contributed by atoms with Gasteiger partial charge in [-0.05, 0) is 49.4 Å². The smallest absolute Gasteiger partial charge is 0.335 e. The summed E-state index contributed by atoms with van der Waals surface area (Å²) < 4.78 is 1.09. The molecule has 2 aromatic heterocycles. The Labute approximate surface area is 173 Å². The highest BCUT2D eigenvalue weighted by molar-refractivity contribution is 5.82. The zero-order chi connectivity index (χ0) is 21.1. The summed E-state index contributed by atoms with van der Waals surface area (Å²) >= 11 is 0. The predicted molar refractivity (Wildman–Crippen MR) is 114 cm³/mol. The number of hydrazone groups is 1. The minimum Gasteiger partial charge on any atom is -0.493 e. The number of aromatic nitrogens is 3. The van der Waals surface area contributed by atoms with Gasteiger partial charge in [-0.3, -0.25) is 19.8 Å². The van der Waals surface area contributed by atoms with Gasteiger partial charge in [0.25, 0.3) is 5.56 Å². The first-order chi connectivity index (χ1) is 14.6. The molecule has 0 unspecified atom stereocenters. The first-order valence-corrected chi connectivity index (χ1v) is 9.91. The molecule has 3 heterocycles. The van der Waals surface area contributed by atoms with Crippen molar-refractivity contribution in [1.82, 2.24) is 19.5 Å². The van der Waals surface area contributed by atoms with Crippen molar-refractivity contribution in [3.63, 3.8) is 0 Å². The Kier molecular flexibility index (Phi) is 5.47. The van der Waals surface area contributed by atoms with Crippen molar-refractivity contribution in [2.75, 3.05) is 6.54 Å². The minimum atomic E-state index is -0.699. The van der Waals surface area contributed by atoms with E-state index in [1.807, 2.05) is 42.4 Å². The minimum absolute atomic E-state index is 0.0483. The number of para-hydroxylation sites is 1. The molecule has 1 saturated heterocycles. The van der Waals surface area contributed by atoms with Gasteiger partial charge in [-0.2, -0.15) is 5.10 Å². The molecule has 8 nitrogen and oxygen atoms in total. The third kappa shape index (κ3) is 3.76. The quantitative estimate of drug-likeness (QED) is 0.649. The fraction of sp³-hybridized carbons (Fsp3) is 0.273. The van der Waals surface area contributed by atoms with E-state index in [9.17, 15) is 14.7 Å². The lowest BCUT2D eigenvalue weighted by Gasteiger charge is -2.33. The molecule has 2 N–H and O–H groups in total. The Bertz CT molecular complexity index is 1180. The molecule has 1 atom stereocenters. The molecule has 1 aliphatic rings. The summed E-state index contributed by atoms with van der Waals surface area (Å²) in [7, 11) is 0. The molecule has 3 aromatic rings.